The second-order valence-corrected chi connectivity index (χ2v) is 9.13. The van der Waals surface area contributed by atoms with Crippen LogP contribution < -0.4 is 14.9 Å². The summed E-state index contributed by atoms with van der Waals surface area (Å²) >= 11 is 1.42. The minimum atomic E-state index is -0.155. The topological polar surface area (TPSA) is 54.6 Å². The van der Waals surface area contributed by atoms with Crippen molar-refractivity contribution in [1.29, 1.82) is 0 Å². The second-order valence-electron chi connectivity index (χ2n) is 8.12. The van der Waals surface area contributed by atoms with Gasteiger partial charge in [-0.2, -0.15) is 0 Å². The van der Waals surface area contributed by atoms with Crippen molar-refractivity contribution in [2.45, 2.75) is 18.9 Å². The van der Waals surface area contributed by atoms with Crippen molar-refractivity contribution in [3.05, 3.63) is 126 Å². The molecule has 0 saturated carbocycles. The van der Waals surface area contributed by atoms with Crippen LogP contribution in [0.15, 0.2) is 94.2 Å². The van der Waals surface area contributed by atoms with Crippen LogP contribution in [0.25, 0.3) is 11.8 Å². The summed E-state index contributed by atoms with van der Waals surface area (Å²) in [6.45, 7) is 0. The number of thiazole rings is 1. The first-order valence-electron chi connectivity index (χ1n) is 10.7. The fourth-order valence-electron chi connectivity index (χ4n) is 4.68. The maximum atomic E-state index is 13.6. The standard InChI is InChI=1S/C27H20N2O2S/c30-20-13-10-17(11-14-20)16-23-26(31)29-25(19-7-2-1-3-8-19)22-15-12-18-6-4-5-9-21(18)24(22)28-27(29)32-23/h1-11,13-14,16,25,30H,12,15H2/b23-16+/t25-/m1/s1. The number of rotatable bonds is 2. The Morgan fingerprint density at radius 2 is 1.69 bits per heavy atom. The molecule has 5 heteroatoms. The van der Waals surface area contributed by atoms with Crippen LogP contribution in [0, 0.1) is 0 Å². The zero-order chi connectivity index (χ0) is 21.7. The molecule has 4 nitrogen and oxygen atoms in total. The van der Waals surface area contributed by atoms with E-state index in [1.165, 1.54) is 28.0 Å². The number of phenolic OH excluding ortho intramolecular Hbond substituents is 1. The summed E-state index contributed by atoms with van der Waals surface area (Å²) in [5, 5.41) is 9.57. The van der Waals surface area contributed by atoms with Crippen LogP contribution in [0.4, 0.5) is 0 Å². The van der Waals surface area contributed by atoms with Gasteiger partial charge in [-0.25, -0.2) is 4.99 Å². The van der Waals surface area contributed by atoms with Gasteiger partial charge in [-0.1, -0.05) is 78.1 Å². The van der Waals surface area contributed by atoms with E-state index in [2.05, 4.69) is 36.4 Å². The Bertz CT molecular complexity index is 1540. The highest BCUT2D eigenvalue weighted by Gasteiger charge is 2.32. The first-order chi connectivity index (χ1) is 15.7. The molecule has 1 aliphatic carbocycles. The van der Waals surface area contributed by atoms with Crippen LogP contribution >= 0.6 is 11.3 Å². The minimum absolute atomic E-state index is 0.0268. The third-order valence-corrected chi connectivity index (χ3v) is 7.16. The molecule has 156 valence electrons. The molecule has 1 N–H and O–H groups in total. The number of fused-ring (bicyclic) bond motifs is 3. The fraction of sp³-hybridized carbons (Fsp3) is 0.111. The molecule has 6 rings (SSSR count). The van der Waals surface area contributed by atoms with E-state index < -0.39 is 0 Å². The third kappa shape index (κ3) is 3.05. The van der Waals surface area contributed by atoms with Crippen molar-refractivity contribution in [2.75, 3.05) is 0 Å². The lowest BCUT2D eigenvalue weighted by Gasteiger charge is -2.30. The fourth-order valence-corrected chi connectivity index (χ4v) is 5.68. The molecule has 4 aromatic rings. The lowest BCUT2D eigenvalue weighted by atomic mass is 9.83. The molecule has 1 atom stereocenters. The van der Waals surface area contributed by atoms with Crippen molar-refractivity contribution < 1.29 is 5.11 Å². The first kappa shape index (κ1) is 19.0. The second kappa shape index (κ2) is 7.46. The van der Waals surface area contributed by atoms with Gasteiger partial charge in [0.2, 0.25) is 0 Å². The predicted molar refractivity (Wildman–Crippen MR) is 127 cm³/mol. The Kier molecular flexibility index (Phi) is 4.44. The Labute approximate surface area is 188 Å². The molecule has 2 aliphatic rings. The molecule has 0 amide bonds. The lowest BCUT2D eigenvalue weighted by molar-refractivity contribution is 0.475. The SMILES string of the molecule is O=c1/c(=C\c2ccc(O)cc2)sc2n1[C@H](c1ccccc1)C1=C(N=2)c2ccccc2CC1. The van der Waals surface area contributed by atoms with Gasteiger partial charge in [0.1, 0.15) is 5.75 Å². The number of aromatic nitrogens is 1. The van der Waals surface area contributed by atoms with Crippen LogP contribution in [0.1, 0.15) is 34.7 Å². The van der Waals surface area contributed by atoms with E-state index in [1.807, 2.05) is 41.0 Å². The molecular formula is C27H20N2O2S. The van der Waals surface area contributed by atoms with E-state index in [0.717, 1.165) is 34.5 Å². The number of hydrogen-bond acceptors (Lipinski definition) is 4. The number of nitrogens with zero attached hydrogens (tertiary/aromatic N) is 2. The molecule has 32 heavy (non-hydrogen) atoms. The van der Waals surface area contributed by atoms with E-state index >= 15 is 0 Å². The van der Waals surface area contributed by atoms with Gasteiger partial charge < -0.3 is 5.11 Å². The van der Waals surface area contributed by atoms with Crippen molar-refractivity contribution in [2.24, 2.45) is 4.99 Å². The summed E-state index contributed by atoms with van der Waals surface area (Å²) in [6, 6.07) is 25.4. The highest BCUT2D eigenvalue weighted by Crippen LogP contribution is 2.41. The van der Waals surface area contributed by atoms with Crippen molar-refractivity contribution in [1.82, 2.24) is 4.57 Å². The van der Waals surface area contributed by atoms with Crippen LogP contribution in [-0.2, 0) is 6.42 Å². The largest absolute Gasteiger partial charge is 0.508 e. The van der Waals surface area contributed by atoms with E-state index in [9.17, 15) is 9.90 Å². The summed E-state index contributed by atoms with van der Waals surface area (Å²) in [7, 11) is 0. The number of aromatic hydroxyl groups is 1. The smallest absolute Gasteiger partial charge is 0.271 e. The summed E-state index contributed by atoms with van der Waals surface area (Å²) < 4.78 is 2.50. The van der Waals surface area contributed by atoms with E-state index in [4.69, 9.17) is 4.99 Å². The highest BCUT2D eigenvalue weighted by atomic mass is 32.1. The van der Waals surface area contributed by atoms with Crippen LogP contribution in [0.5, 0.6) is 5.75 Å². The molecule has 0 spiro atoms. The summed E-state index contributed by atoms with van der Waals surface area (Å²) in [4.78, 5) is 19.3. The minimum Gasteiger partial charge on any atom is -0.508 e. The van der Waals surface area contributed by atoms with Gasteiger partial charge in [0.15, 0.2) is 4.80 Å². The van der Waals surface area contributed by atoms with Gasteiger partial charge in [0.25, 0.3) is 5.56 Å². The van der Waals surface area contributed by atoms with Crippen LogP contribution in [-0.4, -0.2) is 9.67 Å². The maximum absolute atomic E-state index is 13.6. The molecule has 0 fully saturated rings. The zero-order valence-corrected chi connectivity index (χ0v) is 18.0. The number of allylic oxidation sites excluding steroid dienone is 1. The van der Waals surface area contributed by atoms with Gasteiger partial charge in [0, 0.05) is 5.56 Å². The molecule has 2 heterocycles. The predicted octanol–water partition coefficient (Wildman–Crippen LogP) is 4.02. The number of phenols is 1. The summed E-state index contributed by atoms with van der Waals surface area (Å²) in [5.41, 5.74) is 6.65. The normalized spacial score (nSPS) is 17.4. The highest BCUT2D eigenvalue weighted by molar-refractivity contribution is 7.07. The van der Waals surface area contributed by atoms with E-state index in [1.54, 1.807) is 12.1 Å². The van der Waals surface area contributed by atoms with Crippen molar-refractivity contribution >= 4 is 23.1 Å². The van der Waals surface area contributed by atoms with Gasteiger partial charge >= 0.3 is 0 Å². The number of hydrogen-bond donors (Lipinski definition) is 1. The monoisotopic (exact) mass is 436 g/mol. The van der Waals surface area contributed by atoms with Gasteiger partial charge in [-0.3, -0.25) is 9.36 Å². The van der Waals surface area contributed by atoms with Crippen molar-refractivity contribution in [3.8, 4) is 5.75 Å². The molecule has 0 unspecified atom stereocenters. The van der Waals surface area contributed by atoms with Gasteiger partial charge in [0.05, 0.1) is 16.3 Å². The number of aryl methyl sites for hydroxylation is 1. The molecule has 0 bridgehead atoms. The Morgan fingerprint density at radius 1 is 0.938 bits per heavy atom. The van der Waals surface area contributed by atoms with E-state index in [0.29, 0.717) is 4.53 Å². The van der Waals surface area contributed by atoms with Crippen molar-refractivity contribution in [3.63, 3.8) is 0 Å². The maximum Gasteiger partial charge on any atom is 0.271 e. The first-order valence-corrected chi connectivity index (χ1v) is 11.5. The molecule has 0 saturated heterocycles. The van der Waals surface area contributed by atoms with E-state index in [-0.39, 0.29) is 17.4 Å². The third-order valence-electron chi connectivity index (χ3n) is 6.18. The average Bonchev–Trinajstić information content (AvgIpc) is 3.14. The summed E-state index contributed by atoms with van der Waals surface area (Å²) in [5.74, 6) is 0.207. The Morgan fingerprint density at radius 3 is 2.50 bits per heavy atom. The van der Waals surface area contributed by atoms with Crippen LogP contribution in [0.3, 0.4) is 0 Å². The van der Waals surface area contributed by atoms with Gasteiger partial charge in [-0.15, -0.1) is 0 Å². The molecule has 3 aromatic carbocycles. The average molecular weight is 437 g/mol. The summed E-state index contributed by atoms with van der Waals surface area (Å²) in [6.07, 6.45) is 3.71. The van der Waals surface area contributed by atoms with Crippen LogP contribution in [0.2, 0.25) is 0 Å². The molecule has 1 aliphatic heterocycles. The Hall–Kier alpha value is -3.70. The quantitative estimate of drug-likeness (QED) is 0.516. The number of benzene rings is 3. The molecule has 1 aromatic heterocycles. The zero-order valence-electron chi connectivity index (χ0n) is 17.2. The van der Waals surface area contributed by atoms with Gasteiger partial charge in [-0.05, 0) is 53.3 Å². The molecular weight excluding hydrogens is 416 g/mol. The molecule has 0 radical (unpaired) electrons. The lowest BCUT2D eigenvalue weighted by Crippen LogP contribution is -2.38. The Balaban J connectivity index is 1.62.